The van der Waals surface area contributed by atoms with E-state index in [9.17, 15) is 0 Å². The van der Waals surface area contributed by atoms with Crippen LogP contribution in [0.1, 0.15) is 22.4 Å². The first kappa shape index (κ1) is 11.7. The number of nitrogens with zero attached hydrogens (tertiary/aromatic N) is 2. The summed E-state index contributed by atoms with van der Waals surface area (Å²) in [4.78, 5) is 0. The van der Waals surface area contributed by atoms with Crippen molar-refractivity contribution in [2.75, 3.05) is 0 Å². The lowest BCUT2D eigenvalue weighted by Gasteiger charge is -2.08. The smallest absolute Gasteiger partial charge is 0.0769 e. The van der Waals surface area contributed by atoms with Gasteiger partial charge in [-0.3, -0.25) is 0 Å². The monoisotopic (exact) mass is 227 g/mol. The van der Waals surface area contributed by atoms with E-state index in [1.54, 1.807) is 6.20 Å². The highest BCUT2D eigenvalue weighted by Crippen LogP contribution is 2.10. The Morgan fingerprint density at radius 2 is 2.00 bits per heavy atom. The van der Waals surface area contributed by atoms with Crippen LogP contribution in [0.3, 0.4) is 0 Å². The quantitative estimate of drug-likeness (QED) is 0.871. The van der Waals surface area contributed by atoms with Crippen LogP contribution in [0.15, 0.2) is 36.5 Å². The third-order valence-corrected chi connectivity index (χ3v) is 2.75. The Morgan fingerprint density at radius 1 is 1.12 bits per heavy atom. The second-order valence-electron chi connectivity index (χ2n) is 4.25. The van der Waals surface area contributed by atoms with Crippen LogP contribution in [-0.2, 0) is 13.1 Å². The lowest BCUT2D eigenvalue weighted by atomic mass is 10.1. The Bertz CT molecular complexity index is 480. The molecular formula is C14H17N3. The van der Waals surface area contributed by atoms with Crippen molar-refractivity contribution in [3.63, 3.8) is 0 Å². The van der Waals surface area contributed by atoms with Gasteiger partial charge in [-0.25, -0.2) is 0 Å². The normalized spacial score (nSPS) is 10.5. The van der Waals surface area contributed by atoms with Gasteiger partial charge in [-0.2, -0.15) is 10.2 Å². The molecule has 0 spiro atoms. The minimum Gasteiger partial charge on any atom is -0.307 e. The van der Waals surface area contributed by atoms with Crippen molar-refractivity contribution in [3.05, 3.63) is 58.9 Å². The molecular weight excluding hydrogens is 210 g/mol. The average Bonchev–Trinajstić information content (AvgIpc) is 2.35. The predicted molar refractivity (Wildman–Crippen MR) is 68.5 cm³/mol. The predicted octanol–water partition coefficient (Wildman–Crippen LogP) is 2.38. The standard InChI is InChI=1S/C14H17N3/c1-11-5-6-12(2)13(8-11)9-15-10-14-4-3-7-16-17-14/h3-8,15H,9-10H2,1-2H3. The molecule has 1 aromatic carbocycles. The summed E-state index contributed by atoms with van der Waals surface area (Å²) in [6.07, 6.45) is 1.69. The van der Waals surface area contributed by atoms with Gasteiger partial charge in [-0.15, -0.1) is 0 Å². The maximum atomic E-state index is 4.04. The highest BCUT2D eigenvalue weighted by molar-refractivity contribution is 5.30. The maximum absolute atomic E-state index is 4.04. The number of benzene rings is 1. The van der Waals surface area contributed by atoms with Gasteiger partial charge in [-0.05, 0) is 37.1 Å². The third-order valence-electron chi connectivity index (χ3n) is 2.75. The number of aromatic nitrogens is 2. The molecule has 0 aliphatic carbocycles. The topological polar surface area (TPSA) is 37.8 Å². The van der Waals surface area contributed by atoms with E-state index in [1.165, 1.54) is 16.7 Å². The van der Waals surface area contributed by atoms with Crippen molar-refractivity contribution in [2.24, 2.45) is 0 Å². The van der Waals surface area contributed by atoms with Crippen LogP contribution in [0.25, 0.3) is 0 Å². The van der Waals surface area contributed by atoms with E-state index in [2.05, 4.69) is 47.6 Å². The van der Waals surface area contributed by atoms with E-state index < -0.39 is 0 Å². The first-order chi connectivity index (χ1) is 8.25. The van der Waals surface area contributed by atoms with Crippen LogP contribution in [0.4, 0.5) is 0 Å². The zero-order chi connectivity index (χ0) is 12.1. The molecule has 0 atom stereocenters. The molecule has 0 amide bonds. The van der Waals surface area contributed by atoms with Crippen LogP contribution < -0.4 is 5.32 Å². The van der Waals surface area contributed by atoms with Gasteiger partial charge in [0.2, 0.25) is 0 Å². The molecule has 0 aliphatic heterocycles. The summed E-state index contributed by atoms with van der Waals surface area (Å²) in [6, 6.07) is 10.4. The molecule has 2 rings (SSSR count). The Hall–Kier alpha value is -1.74. The van der Waals surface area contributed by atoms with Crippen LogP contribution in [0, 0.1) is 13.8 Å². The van der Waals surface area contributed by atoms with Crippen molar-refractivity contribution in [3.8, 4) is 0 Å². The third kappa shape index (κ3) is 3.36. The molecule has 0 aliphatic rings. The van der Waals surface area contributed by atoms with Gasteiger partial charge in [0.1, 0.15) is 0 Å². The molecule has 3 nitrogen and oxygen atoms in total. The second kappa shape index (κ2) is 5.55. The number of rotatable bonds is 4. The summed E-state index contributed by atoms with van der Waals surface area (Å²) in [5.74, 6) is 0. The van der Waals surface area contributed by atoms with Crippen molar-refractivity contribution < 1.29 is 0 Å². The highest BCUT2D eigenvalue weighted by Gasteiger charge is 1.99. The zero-order valence-electron chi connectivity index (χ0n) is 10.3. The first-order valence-electron chi connectivity index (χ1n) is 5.79. The van der Waals surface area contributed by atoms with Gasteiger partial charge in [0.25, 0.3) is 0 Å². The SMILES string of the molecule is Cc1ccc(C)c(CNCc2cccnn2)c1. The lowest BCUT2D eigenvalue weighted by Crippen LogP contribution is -2.14. The Morgan fingerprint density at radius 3 is 2.76 bits per heavy atom. The molecule has 3 heteroatoms. The molecule has 0 radical (unpaired) electrons. The van der Waals surface area contributed by atoms with Gasteiger partial charge < -0.3 is 5.32 Å². The van der Waals surface area contributed by atoms with E-state index in [-0.39, 0.29) is 0 Å². The van der Waals surface area contributed by atoms with Crippen LogP contribution >= 0.6 is 0 Å². The van der Waals surface area contributed by atoms with E-state index in [0.717, 1.165) is 18.8 Å². The highest BCUT2D eigenvalue weighted by atomic mass is 15.1. The number of nitrogens with one attached hydrogen (secondary N) is 1. The largest absolute Gasteiger partial charge is 0.307 e. The average molecular weight is 227 g/mol. The summed E-state index contributed by atoms with van der Waals surface area (Å²) in [7, 11) is 0. The summed E-state index contributed by atoms with van der Waals surface area (Å²) in [5, 5.41) is 11.3. The van der Waals surface area contributed by atoms with Crippen molar-refractivity contribution in [1.29, 1.82) is 0 Å². The maximum Gasteiger partial charge on any atom is 0.0769 e. The van der Waals surface area contributed by atoms with Gasteiger partial charge in [-0.1, -0.05) is 23.8 Å². The van der Waals surface area contributed by atoms with Crippen LogP contribution in [0.5, 0.6) is 0 Å². The van der Waals surface area contributed by atoms with Crippen LogP contribution in [-0.4, -0.2) is 10.2 Å². The fraction of sp³-hybridized carbons (Fsp3) is 0.286. The van der Waals surface area contributed by atoms with Crippen molar-refractivity contribution in [1.82, 2.24) is 15.5 Å². The van der Waals surface area contributed by atoms with E-state index in [4.69, 9.17) is 0 Å². The summed E-state index contributed by atoms with van der Waals surface area (Å²) >= 11 is 0. The van der Waals surface area contributed by atoms with Crippen molar-refractivity contribution >= 4 is 0 Å². The van der Waals surface area contributed by atoms with Gasteiger partial charge >= 0.3 is 0 Å². The Balaban J connectivity index is 1.92. The fourth-order valence-electron chi connectivity index (χ4n) is 1.74. The first-order valence-corrected chi connectivity index (χ1v) is 5.79. The van der Waals surface area contributed by atoms with Crippen molar-refractivity contribution in [2.45, 2.75) is 26.9 Å². The Kier molecular flexibility index (Phi) is 3.83. The fourth-order valence-corrected chi connectivity index (χ4v) is 1.74. The van der Waals surface area contributed by atoms with Gasteiger partial charge in [0.05, 0.1) is 5.69 Å². The minimum absolute atomic E-state index is 0.751. The summed E-state index contributed by atoms with van der Waals surface area (Å²) in [5.41, 5.74) is 4.93. The van der Waals surface area contributed by atoms with E-state index in [0.29, 0.717) is 0 Å². The summed E-state index contributed by atoms with van der Waals surface area (Å²) in [6.45, 7) is 5.87. The van der Waals surface area contributed by atoms with E-state index in [1.807, 2.05) is 12.1 Å². The second-order valence-corrected chi connectivity index (χ2v) is 4.25. The van der Waals surface area contributed by atoms with Gasteiger partial charge in [0.15, 0.2) is 0 Å². The molecule has 88 valence electrons. The molecule has 2 aromatic rings. The molecule has 1 heterocycles. The molecule has 1 N–H and O–H groups in total. The molecule has 0 unspecified atom stereocenters. The zero-order valence-corrected chi connectivity index (χ0v) is 10.3. The molecule has 17 heavy (non-hydrogen) atoms. The molecule has 0 saturated carbocycles. The molecule has 1 aromatic heterocycles. The number of hydrogen-bond donors (Lipinski definition) is 1. The molecule has 0 bridgehead atoms. The molecule has 0 fully saturated rings. The number of aryl methyl sites for hydroxylation is 2. The Labute approximate surface area is 102 Å². The molecule has 0 saturated heterocycles. The van der Waals surface area contributed by atoms with Crippen LogP contribution in [0.2, 0.25) is 0 Å². The van der Waals surface area contributed by atoms with Gasteiger partial charge in [0, 0.05) is 19.3 Å². The minimum atomic E-state index is 0.751. The lowest BCUT2D eigenvalue weighted by molar-refractivity contribution is 0.667. The summed E-state index contributed by atoms with van der Waals surface area (Å²) < 4.78 is 0. The number of hydrogen-bond acceptors (Lipinski definition) is 3. The van der Waals surface area contributed by atoms with E-state index >= 15 is 0 Å².